The molecule has 3 nitrogen and oxygen atoms in total. The van der Waals surface area contributed by atoms with Gasteiger partial charge in [0.05, 0.1) is 16.4 Å². The minimum Gasteiger partial charge on any atom is -0.320 e. The molecule has 0 aliphatic heterocycles. The van der Waals surface area contributed by atoms with Gasteiger partial charge >= 0.3 is 0 Å². The predicted octanol–water partition coefficient (Wildman–Crippen LogP) is 2.07. The van der Waals surface area contributed by atoms with Crippen LogP contribution in [0.25, 0.3) is 0 Å². The summed E-state index contributed by atoms with van der Waals surface area (Å²) in [5.74, 6) is 0. The van der Waals surface area contributed by atoms with Crippen LogP contribution in [0.4, 0.5) is 0 Å². The number of nitrogens with one attached hydrogen (secondary N) is 1. The Kier molecular flexibility index (Phi) is 3.72. The van der Waals surface area contributed by atoms with Crippen molar-refractivity contribution in [2.24, 2.45) is 7.05 Å². The fourth-order valence-corrected chi connectivity index (χ4v) is 2.61. The molecule has 1 aromatic rings. The molecule has 0 spiro atoms. The summed E-state index contributed by atoms with van der Waals surface area (Å²) in [7, 11) is 3.97. The van der Waals surface area contributed by atoms with Crippen molar-refractivity contribution in [3.05, 3.63) is 16.4 Å². The Morgan fingerprint density at radius 1 is 1.57 bits per heavy atom. The average molecular weight is 260 g/mol. The quantitative estimate of drug-likeness (QED) is 0.898. The summed E-state index contributed by atoms with van der Waals surface area (Å²) < 4.78 is 3.04. The van der Waals surface area contributed by atoms with Gasteiger partial charge in [-0.05, 0) is 35.9 Å². The van der Waals surface area contributed by atoms with Crippen LogP contribution in [0.5, 0.6) is 0 Å². The van der Waals surface area contributed by atoms with Gasteiger partial charge in [0.15, 0.2) is 0 Å². The van der Waals surface area contributed by atoms with Crippen molar-refractivity contribution >= 4 is 15.9 Å². The van der Waals surface area contributed by atoms with Gasteiger partial charge in [0, 0.05) is 12.5 Å². The first-order valence-electron chi connectivity index (χ1n) is 4.81. The Hall–Kier alpha value is -0.350. The highest BCUT2D eigenvalue weighted by atomic mass is 79.9. The van der Waals surface area contributed by atoms with Gasteiger partial charge in [-0.3, -0.25) is 4.68 Å². The summed E-state index contributed by atoms with van der Waals surface area (Å²) in [6.07, 6.45) is 2.96. The summed E-state index contributed by atoms with van der Waals surface area (Å²) in [5.41, 5.74) is 1.40. The smallest absolute Gasteiger partial charge is 0.0635 e. The fraction of sp³-hybridized carbons (Fsp3) is 0.700. The van der Waals surface area contributed by atoms with Gasteiger partial charge in [-0.2, -0.15) is 5.10 Å². The zero-order chi connectivity index (χ0) is 10.8. The van der Waals surface area contributed by atoms with E-state index in [9.17, 15) is 0 Å². The Balaban J connectivity index is 2.90. The van der Waals surface area contributed by atoms with Crippen molar-refractivity contribution in [2.45, 2.75) is 25.7 Å². The van der Waals surface area contributed by atoms with Gasteiger partial charge in [0.25, 0.3) is 0 Å². The molecule has 0 radical (unpaired) electrons. The molecular formula is C10H18BrN3. The SMILES string of the molecule is CNCCC(C)(C)c1c(Br)cnn1C. The zero-order valence-corrected chi connectivity index (χ0v) is 10.8. The van der Waals surface area contributed by atoms with Crippen LogP contribution in [-0.2, 0) is 12.5 Å². The van der Waals surface area contributed by atoms with Crippen molar-refractivity contribution in [3.63, 3.8) is 0 Å². The minimum absolute atomic E-state index is 0.146. The lowest BCUT2D eigenvalue weighted by molar-refractivity contribution is 0.432. The first kappa shape index (κ1) is 11.7. The maximum absolute atomic E-state index is 4.24. The highest BCUT2D eigenvalue weighted by molar-refractivity contribution is 9.10. The molecule has 0 atom stereocenters. The molecule has 14 heavy (non-hydrogen) atoms. The van der Waals surface area contributed by atoms with Crippen molar-refractivity contribution in [2.75, 3.05) is 13.6 Å². The first-order valence-corrected chi connectivity index (χ1v) is 5.61. The van der Waals surface area contributed by atoms with Gasteiger partial charge in [0.1, 0.15) is 0 Å². The van der Waals surface area contributed by atoms with E-state index in [4.69, 9.17) is 0 Å². The number of aryl methyl sites for hydroxylation is 1. The average Bonchev–Trinajstić information content (AvgIpc) is 2.43. The van der Waals surface area contributed by atoms with E-state index >= 15 is 0 Å². The van der Waals surface area contributed by atoms with Gasteiger partial charge < -0.3 is 5.32 Å². The Bertz CT molecular complexity index is 285. The number of nitrogens with zero attached hydrogens (tertiary/aromatic N) is 2. The minimum atomic E-state index is 0.146. The third-order valence-corrected chi connectivity index (χ3v) is 3.12. The maximum atomic E-state index is 4.24. The third kappa shape index (κ3) is 2.36. The highest BCUT2D eigenvalue weighted by Gasteiger charge is 2.26. The summed E-state index contributed by atoms with van der Waals surface area (Å²) in [6, 6.07) is 0. The van der Waals surface area contributed by atoms with Crippen LogP contribution >= 0.6 is 15.9 Å². The summed E-state index contributed by atoms with van der Waals surface area (Å²) in [6.45, 7) is 5.50. The molecule has 80 valence electrons. The molecule has 0 aromatic carbocycles. The Labute approximate surface area is 94.0 Å². The second-order valence-corrected chi connectivity index (χ2v) is 5.06. The fourth-order valence-electron chi connectivity index (χ4n) is 1.73. The molecule has 4 heteroatoms. The molecule has 0 saturated heterocycles. The monoisotopic (exact) mass is 259 g/mol. The van der Waals surface area contributed by atoms with Crippen LogP contribution < -0.4 is 5.32 Å². The van der Waals surface area contributed by atoms with E-state index in [1.54, 1.807) is 0 Å². The van der Waals surface area contributed by atoms with Crippen LogP contribution in [0.1, 0.15) is 26.0 Å². The molecule has 0 amide bonds. The van der Waals surface area contributed by atoms with Crippen molar-refractivity contribution in [1.29, 1.82) is 0 Å². The second-order valence-electron chi connectivity index (χ2n) is 4.20. The van der Waals surface area contributed by atoms with Gasteiger partial charge in [-0.25, -0.2) is 0 Å². The number of rotatable bonds is 4. The van der Waals surface area contributed by atoms with E-state index in [1.807, 2.05) is 25.0 Å². The van der Waals surface area contributed by atoms with E-state index in [0.29, 0.717) is 0 Å². The molecule has 0 aliphatic carbocycles. The lowest BCUT2D eigenvalue weighted by Gasteiger charge is -2.25. The lowest BCUT2D eigenvalue weighted by atomic mass is 9.85. The Morgan fingerprint density at radius 3 is 2.64 bits per heavy atom. The standard InChI is InChI=1S/C10H18BrN3/c1-10(2,5-6-12-3)9-8(11)7-13-14(9)4/h7,12H,5-6H2,1-4H3. The van der Waals surface area contributed by atoms with Crippen LogP contribution in [0.15, 0.2) is 10.7 Å². The molecule has 0 saturated carbocycles. The van der Waals surface area contributed by atoms with E-state index in [2.05, 4.69) is 40.2 Å². The van der Waals surface area contributed by atoms with Gasteiger partial charge in [-0.1, -0.05) is 13.8 Å². The van der Waals surface area contributed by atoms with E-state index in [1.165, 1.54) is 5.69 Å². The summed E-state index contributed by atoms with van der Waals surface area (Å²) in [5, 5.41) is 7.42. The zero-order valence-electron chi connectivity index (χ0n) is 9.26. The van der Waals surface area contributed by atoms with Crippen molar-refractivity contribution in [1.82, 2.24) is 15.1 Å². The van der Waals surface area contributed by atoms with Crippen molar-refractivity contribution < 1.29 is 0 Å². The number of halogens is 1. The molecule has 1 aromatic heterocycles. The van der Waals surface area contributed by atoms with Crippen molar-refractivity contribution in [3.8, 4) is 0 Å². The van der Waals surface area contributed by atoms with E-state index in [-0.39, 0.29) is 5.41 Å². The van der Waals surface area contributed by atoms with Crippen LogP contribution in [0, 0.1) is 0 Å². The van der Waals surface area contributed by atoms with Crippen LogP contribution in [0.3, 0.4) is 0 Å². The highest BCUT2D eigenvalue weighted by Crippen LogP contribution is 2.31. The third-order valence-electron chi connectivity index (χ3n) is 2.54. The molecule has 1 rings (SSSR count). The summed E-state index contributed by atoms with van der Waals surface area (Å²) in [4.78, 5) is 0. The second kappa shape index (κ2) is 4.45. The normalized spacial score (nSPS) is 12.1. The molecule has 0 fully saturated rings. The lowest BCUT2D eigenvalue weighted by Crippen LogP contribution is -2.26. The van der Waals surface area contributed by atoms with Gasteiger partial charge in [0.2, 0.25) is 0 Å². The first-order chi connectivity index (χ1) is 6.49. The number of hydrogen-bond donors (Lipinski definition) is 1. The predicted molar refractivity (Wildman–Crippen MR) is 62.5 cm³/mol. The number of hydrogen-bond acceptors (Lipinski definition) is 2. The molecule has 0 aliphatic rings. The van der Waals surface area contributed by atoms with E-state index in [0.717, 1.165) is 17.4 Å². The molecule has 0 unspecified atom stereocenters. The molecule has 1 heterocycles. The largest absolute Gasteiger partial charge is 0.320 e. The van der Waals surface area contributed by atoms with E-state index < -0.39 is 0 Å². The molecule has 0 bridgehead atoms. The van der Waals surface area contributed by atoms with Crippen LogP contribution in [-0.4, -0.2) is 23.4 Å². The maximum Gasteiger partial charge on any atom is 0.0635 e. The molecule has 1 N–H and O–H groups in total. The molecular weight excluding hydrogens is 242 g/mol. The van der Waals surface area contributed by atoms with Gasteiger partial charge in [-0.15, -0.1) is 0 Å². The summed E-state index contributed by atoms with van der Waals surface area (Å²) >= 11 is 3.54. The topological polar surface area (TPSA) is 29.9 Å². The Morgan fingerprint density at radius 2 is 2.21 bits per heavy atom. The van der Waals surface area contributed by atoms with Crippen LogP contribution in [0.2, 0.25) is 0 Å². The number of aromatic nitrogens is 2.